The normalized spacial score (nSPS) is 11.7. The molecule has 0 aliphatic heterocycles. The van der Waals surface area contributed by atoms with Crippen molar-refractivity contribution in [2.45, 2.75) is 6.04 Å². The van der Waals surface area contributed by atoms with E-state index in [1.165, 1.54) is 0 Å². The summed E-state index contributed by atoms with van der Waals surface area (Å²) in [6.45, 7) is 3.01. The molecule has 0 radical (unpaired) electrons. The Labute approximate surface area is 63.9 Å². The van der Waals surface area contributed by atoms with Gasteiger partial charge in [0.1, 0.15) is 6.04 Å². The summed E-state index contributed by atoms with van der Waals surface area (Å²) in [7, 11) is 0. The van der Waals surface area contributed by atoms with Crippen LogP contribution in [0.2, 0.25) is 0 Å². The van der Waals surface area contributed by atoms with Crippen LogP contribution in [0.5, 0.6) is 0 Å². The molecule has 11 heavy (non-hydrogen) atoms. The van der Waals surface area contributed by atoms with Crippen LogP contribution in [0.3, 0.4) is 0 Å². The third-order valence-electron chi connectivity index (χ3n) is 1.00. The van der Waals surface area contributed by atoms with E-state index in [1.54, 1.807) is 0 Å². The SMILES string of the molecule is C=C[C@H](NC(=O)CN)C(=O)O. The Morgan fingerprint density at radius 1 is 1.73 bits per heavy atom. The van der Waals surface area contributed by atoms with Crippen molar-refractivity contribution in [2.24, 2.45) is 5.73 Å². The molecule has 0 fully saturated rings. The first kappa shape index (κ1) is 9.64. The zero-order valence-electron chi connectivity index (χ0n) is 5.91. The third-order valence-corrected chi connectivity index (χ3v) is 1.00. The molecule has 0 aromatic carbocycles. The second-order valence-electron chi connectivity index (χ2n) is 1.82. The number of carbonyl (C=O) groups is 2. The highest BCUT2D eigenvalue weighted by Gasteiger charge is 2.14. The number of carboxylic acid groups (broad SMARTS) is 1. The smallest absolute Gasteiger partial charge is 0.330 e. The minimum Gasteiger partial charge on any atom is -0.479 e. The molecule has 0 spiro atoms. The Hall–Kier alpha value is -1.36. The minimum absolute atomic E-state index is 0.225. The van der Waals surface area contributed by atoms with Crippen LogP contribution in [0.15, 0.2) is 12.7 Å². The summed E-state index contributed by atoms with van der Waals surface area (Å²) in [5.74, 6) is -1.67. The Kier molecular flexibility index (Phi) is 3.90. The van der Waals surface area contributed by atoms with E-state index >= 15 is 0 Å². The van der Waals surface area contributed by atoms with Crippen molar-refractivity contribution < 1.29 is 14.7 Å². The average Bonchev–Trinajstić information content (AvgIpc) is 1.99. The maximum atomic E-state index is 10.5. The van der Waals surface area contributed by atoms with Gasteiger partial charge in [0.2, 0.25) is 5.91 Å². The summed E-state index contributed by atoms with van der Waals surface area (Å²) in [5.41, 5.74) is 4.94. The summed E-state index contributed by atoms with van der Waals surface area (Å²) >= 11 is 0. The molecule has 0 aliphatic rings. The lowest BCUT2D eigenvalue weighted by Crippen LogP contribution is -2.42. The van der Waals surface area contributed by atoms with E-state index in [2.05, 4.69) is 11.9 Å². The molecule has 5 heteroatoms. The average molecular weight is 158 g/mol. The highest BCUT2D eigenvalue weighted by atomic mass is 16.4. The van der Waals surface area contributed by atoms with E-state index in [0.717, 1.165) is 6.08 Å². The van der Waals surface area contributed by atoms with Gasteiger partial charge in [0, 0.05) is 0 Å². The van der Waals surface area contributed by atoms with Crippen LogP contribution in [-0.2, 0) is 9.59 Å². The molecule has 0 heterocycles. The number of carbonyl (C=O) groups excluding carboxylic acids is 1. The van der Waals surface area contributed by atoms with Crippen LogP contribution in [0.25, 0.3) is 0 Å². The molecule has 1 amide bonds. The number of hydrogen-bond donors (Lipinski definition) is 3. The van der Waals surface area contributed by atoms with Gasteiger partial charge in [-0.1, -0.05) is 6.08 Å². The van der Waals surface area contributed by atoms with Crippen LogP contribution in [0.1, 0.15) is 0 Å². The summed E-state index contributed by atoms with van der Waals surface area (Å²) in [6, 6.07) is -1.05. The van der Waals surface area contributed by atoms with Crippen LogP contribution < -0.4 is 11.1 Å². The predicted molar refractivity (Wildman–Crippen MR) is 38.8 cm³/mol. The van der Waals surface area contributed by atoms with Gasteiger partial charge < -0.3 is 16.2 Å². The molecule has 62 valence electrons. The number of rotatable bonds is 4. The number of nitrogens with two attached hydrogens (primary N) is 1. The standard InChI is InChI=1S/C6H10N2O3/c1-2-4(6(10)11)8-5(9)3-7/h2,4H,1,3,7H2,(H,8,9)(H,10,11)/t4-/m0/s1. The molecule has 5 nitrogen and oxygen atoms in total. The lowest BCUT2D eigenvalue weighted by Gasteiger charge is -2.07. The third kappa shape index (κ3) is 3.36. The summed E-state index contributed by atoms with van der Waals surface area (Å²) in [6.07, 6.45) is 1.12. The zero-order chi connectivity index (χ0) is 8.85. The molecule has 0 unspecified atom stereocenters. The second kappa shape index (κ2) is 4.45. The van der Waals surface area contributed by atoms with Gasteiger partial charge in [0.15, 0.2) is 0 Å². The van der Waals surface area contributed by atoms with E-state index in [9.17, 15) is 9.59 Å². The Bertz CT molecular complexity index is 179. The van der Waals surface area contributed by atoms with Gasteiger partial charge in [-0.05, 0) is 0 Å². The quantitative estimate of drug-likeness (QED) is 0.443. The van der Waals surface area contributed by atoms with E-state index in [0.29, 0.717) is 0 Å². The molecule has 0 saturated carbocycles. The summed E-state index contributed by atoms with van der Waals surface area (Å²) in [4.78, 5) is 20.8. The summed E-state index contributed by atoms with van der Waals surface area (Å²) in [5, 5.41) is 10.5. The number of aliphatic carboxylic acids is 1. The molecular formula is C6H10N2O3. The van der Waals surface area contributed by atoms with Gasteiger partial charge >= 0.3 is 5.97 Å². The summed E-state index contributed by atoms with van der Waals surface area (Å²) < 4.78 is 0. The molecule has 1 atom stereocenters. The monoisotopic (exact) mass is 158 g/mol. The molecule has 0 bridgehead atoms. The van der Waals surface area contributed by atoms with Gasteiger partial charge in [0.25, 0.3) is 0 Å². The molecule has 0 saturated heterocycles. The molecular weight excluding hydrogens is 148 g/mol. The van der Waals surface area contributed by atoms with Crippen molar-refractivity contribution in [3.05, 3.63) is 12.7 Å². The number of carboxylic acids is 1. The molecule has 0 aromatic heterocycles. The largest absolute Gasteiger partial charge is 0.479 e. The fourth-order valence-corrected chi connectivity index (χ4v) is 0.454. The van der Waals surface area contributed by atoms with E-state index in [1.807, 2.05) is 0 Å². The van der Waals surface area contributed by atoms with E-state index in [4.69, 9.17) is 10.8 Å². The molecule has 0 rings (SSSR count). The fourth-order valence-electron chi connectivity index (χ4n) is 0.454. The van der Waals surface area contributed by atoms with Crippen LogP contribution in [0, 0.1) is 0 Å². The first-order valence-electron chi connectivity index (χ1n) is 2.96. The van der Waals surface area contributed by atoms with Crippen LogP contribution in [-0.4, -0.2) is 29.6 Å². The van der Waals surface area contributed by atoms with Crippen molar-refractivity contribution >= 4 is 11.9 Å². The maximum absolute atomic E-state index is 10.5. The molecule has 0 aromatic rings. The number of hydrogen-bond acceptors (Lipinski definition) is 3. The topological polar surface area (TPSA) is 92.4 Å². The Balaban J connectivity index is 3.98. The van der Waals surface area contributed by atoms with Gasteiger partial charge in [-0.3, -0.25) is 4.79 Å². The van der Waals surface area contributed by atoms with Crippen LogP contribution >= 0.6 is 0 Å². The zero-order valence-corrected chi connectivity index (χ0v) is 5.91. The number of nitrogens with one attached hydrogen (secondary N) is 1. The highest BCUT2D eigenvalue weighted by molar-refractivity contribution is 5.85. The molecule has 0 aliphatic carbocycles. The van der Waals surface area contributed by atoms with Gasteiger partial charge in [-0.25, -0.2) is 4.79 Å². The van der Waals surface area contributed by atoms with Crippen molar-refractivity contribution in [3.8, 4) is 0 Å². The second-order valence-corrected chi connectivity index (χ2v) is 1.82. The first-order chi connectivity index (χ1) is 5.11. The fraction of sp³-hybridized carbons (Fsp3) is 0.333. The van der Waals surface area contributed by atoms with Crippen molar-refractivity contribution in [3.63, 3.8) is 0 Å². The molecule has 4 N–H and O–H groups in total. The van der Waals surface area contributed by atoms with Crippen molar-refractivity contribution in [1.82, 2.24) is 5.32 Å². The highest BCUT2D eigenvalue weighted by Crippen LogP contribution is 1.83. The van der Waals surface area contributed by atoms with Crippen molar-refractivity contribution in [1.29, 1.82) is 0 Å². The Morgan fingerprint density at radius 2 is 2.27 bits per heavy atom. The van der Waals surface area contributed by atoms with Gasteiger partial charge in [0.05, 0.1) is 6.54 Å². The first-order valence-corrected chi connectivity index (χ1v) is 2.96. The lowest BCUT2D eigenvalue weighted by molar-refractivity contribution is -0.140. The van der Waals surface area contributed by atoms with Gasteiger partial charge in [-0.15, -0.1) is 6.58 Å². The Morgan fingerprint density at radius 3 is 2.55 bits per heavy atom. The van der Waals surface area contributed by atoms with Gasteiger partial charge in [-0.2, -0.15) is 0 Å². The maximum Gasteiger partial charge on any atom is 0.330 e. The van der Waals surface area contributed by atoms with E-state index in [-0.39, 0.29) is 6.54 Å². The van der Waals surface area contributed by atoms with E-state index < -0.39 is 17.9 Å². The minimum atomic E-state index is -1.15. The van der Waals surface area contributed by atoms with Crippen molar-refractivity contribution in [2.75, 3.05) is 6.54 Å². The number of amides is 1. The van der Waals surface area contributed by atoms with Crippen LogP contribution in [0.4, 0.5) is 0 Å². The predicted octanol–water partition coefficient (Wildman–Crippen LogP) is -1.30. The lowest BCUT2D eigenvalue weighted by atomic mass is 10.3.